The number of halogens is 1. The van der Waals surface area contributed by atoms with Crippen LogP contribution in [0.25, 0.3) is 0 Å². The molecule has 1 saturated heterocycles. The van der Waals surface area contributed by atoms with Gasteiger partial charge in [-0.05, 0) is 42.3 Å². The quantitative estimate of drug-likeness (QED) is 0.650. The minimum absolute atomic E-state index is 0.0360. The first-order valence-electron chi connectivity index (χ1n) is 9.33. The number of rotatable bonds is 5. The maximum absolute atomic E-state index is 12.6. The van der Waals surface area contributed by atoms with Crippen molar-refractivity contribution >= 4 is 45.6 Å². The van der Waals surface area contributed by atoms with Crippen LogP contribution < -0.4 is 10.2 Å². The zero-order chi connectivity index (χ0) is 20.4. The molecule has 2 amide bonds. The Labute approximate surface area is 177 Å². The number of carbonyl (C=O) groups excluding carboxylic acids is 2. The van der Waals surface area contributed by atoms with Gasteiger partial charge in [0.25, 0.3) is 5.91 Å². The van der Waals surface area contributed by atoms with Crippen LogP contribution in [0.15, 0.2) is 48.5 Å². The number of hydrogen-bond acceptors (Lipinski definition) is 5. The maximum Gasteiger partial charge on any atom is 0.257 e. The number of hydrogen-bond donors (Lipinski definition) is 1. The van der Waals surface area contributed by atoms with E-state index in [-0.39, 0.29) is 17.7 Å². The van der Waals surface area contributed by atoms with Gasteiger partial charge in [0.2, 0.25) is 11.0 Å². The summed E-state index contributed by atoms with van der Waals surface area (Å²) in [4.78, 5) is 26.8. The lowest BCUT2D eigenvalue weighted by molar-refractivity contribution is -0.117. The number of anilines is 2. The summed E-state index contributed by atoms with van der Waals surface area (Å²) < 4.78 is 0. The fraction of sp³-hybridized carbons (Fsp3) is 0.238. The first-order chi connectivity index (χ1) is 14.0. The van der Waals surface area contributed by atoms with Gasteiger partial charge in [-0.25, -0.2) is 0 Å². The average molecular weight is 427 g/mol. The Balaban J connectivity index is 1.46. The Morgan fingerprint density at radius 3 is 2.72 bits per heavy atom. The summed E-state index contributed by atoms with van der Waals surface area (Å²) in [5.41, 5.74) is 2.60. The summed E-state index contributed by atoms with van der Waals surface area (Å²) in [6, 6.07) is 14.6. The molecule has 29 heavy (non-hydrogen) atoms. The van der Waals surface area contributed by atoms with E-state index < -0.39 is 0 Å². The van der Waals surface area contributed by atoms with Gasteiger partial charge < -0.3 is 4.90 Å². The zero-order valence-electron chi connectivity index (χ0n) is 15.8. The highest BCUT2D eigenvalue weighted by Gasteiger charge is 2.34. The van der Waals surface area contributed by atoms with Crippen molar-refractivity contribution in [1.29, 1.82) is 0 Å². The molecule has 0 spiro atoms. The molecule has 2 heterocycles. The van der Waals surface area contributed by atoms with Crippen LogP contribution in [-0.4, -0.2) is 28.6 Å². The van der Waals surface area contributed by atoms with Crippen molar-refractivity contribution in [3.63, 3.8) is 0 Å². The second-order valence-corrected chi connectivity index (χ2v) is 8.24. The van der Waals surface area contributed by atoms with E-state index in [4.69, 9.17) is 11.6 Å². The minimum Gasteiger partial charge on any atom is -0.311 e. The number of aryl methyl sites for hydroxylation is 1. The van der Waals surface area contributed by atoms with Crippen molar-refractivity contribution < 1.29 is 9.59 Å². The van der Waals surface area contributed by atoms with Gasteiger partial charge in [-0.15, -0.1) is 10.2 Å². The molecule has 1 aliphatic heterocycles. The van der Waals surface area contributed by atoms with Gasteiger partial charge in [0.15, 0.2) is 0 Å². The Kier molecular flexibility index (Phi) is 5.60. The van der Waals surface area contributed by atoms with E-state index in [2.05, 4.69) is 22.4 Å². The summed E-state index contributed by atoms with van der Waals surface area (Å²) in [7, 11) is 0. The molecule has 1 aromatic heterocycles. The van der Waals surface area contributed by atoms with Crippen LogP contribution in [0.3, 0.4) is 0 Å². The predicted molar refractivity (Wildman–Crippen MR) is 115 cm³/mol. The third kappa shape index (κ3) is 4.16. The molecule has 1 N–H and O–H groups in total. The molecule has 0 unspecified atom stereocenters. The molecule has 6 nitrogen and oxygen atoms in total. The van der Waals surface area contributed by atoms with Crippen molar-refractivity contribution in [3.8, 4) is 0 Å². The standard InChI is InChI=1S/C21H19ClN4O2S/c1-2-13-5-3-4-6-17(13)26-12-15(11-18(26)27)20-24-25-21(29-20)23-19(28)14-7-9-16(22)10-8-14/h3-10,15H,2,11-12H2,1H3,(H,23,25,28)/t15-/m1/s1. The van der Waals surface area contributed by atoms with E-state index in [1.165, 1.54) is 11.3 Å². The van der Waals surface area contributed by atoms with E-state index in [0.717, 1.165) is 22.7 Å². The zero-order valence-corrected chi connectivity index (χ0v) is 17.3. The Bertz CT molecular complexity index is 1050. The molecule has 1 fully saturated rings. The van der Waals surface area contributed by atoms with Crippen molar-refractivity contribution in [2.45, 2.75) is 25.7 Å². The molecule has 1 atom stereocenters. The van der Waals surface area contributed by atoms with Crippen LogP contribution in [-0.2, 0) is 11.2 Å². The number of benzene rings is 2. The van der Waals surface area contributed by atoms with Crippen LogP contribution in [0, 0.1) is 0 Å². The number of carbonyl (C=O) groups is 2. The molecule has 148 valence electrons. The lowest BCUT2D eigenvalue weighted by Gasteiger charge is -2.19. The molecule has 0 saturated carbocycles. The van der Waals surface area contributed by atoms with Gasteiger partial charge >= 0.3 is 0 Å². The molecule has 1 aliphatic rings. The molecule has 8 heteroatoms. The molecular weight excluding hydrogens is 408 g/mol. The Morgan fingerprint density at radius 1 is 1.21 bits per heavy atom. The minimum atomic E-state index is -0.273. The van der Waals surface area contributed by atoms with E-state index >= 15 is 0 Å². The maximum atomic E-state index is 12.6. The van der Waals surface area contributed by atoms with Crippen LogP contribution in [0.5, 0.6) is 0 Å². The highest BCUT2D eigenvalue weighted by Crippen LogP contribution is 2.35. The van der Waals surface area contributed by atoms with Crippen LogP contribution in [0.1, 0.15) is 40.2 Å². The third-order valence-electron chi connectivity index (χ3n) is 4.91. The van der Waals surface area contributed by atoms with Gasteiger partial charge in [0.05, 0.1) is 0 Å². The Morgan fingerprint density at radius 2 is 1.97 bits per heavy atom. The van der Waals surface area contributed by atoms with Crippen molar-refractivity contribution in [2.24, 2.45) is 0 Å². The Hall–Kier alpha value is -2.77. The summed E-state index contributed by atoms with van der Waals surface area (Å²) in [5, 5.41) is 12.8. The van der Waals surface area contributed by atoms with Gasteiger partial charge in [-0.1, -0.05) is 48.1 Å². The number of amides is 2. The second-order valence-electron chi connectivity index (χ2n) is 6.79. The van der Waals surface area contributed by atoms with Crippen LogP contribution in [0.4, 0.5) is 10.8 Å². The van der Waals surface area contributed by atoms with Gasteiger partial charge in [-0.2, -0.15) is 0 Å². The summed E-state index contributed by atoms with van der Waals surface area (Å²) in [5.74, 6) is -0.227. The van der Waals surface area contributed by atoms with Crippen molar-refractivity contribution in [3.05, 3.63) is 69.7 Å². The summed E-state index contributed by atoms with van der Waals surface area (Å²) in [6.45, 7) is 2.65. The lowest BCUT2D eigenvalue weighted by atomic mass is 10.1. The fourth-order valence-electron chi connectivity index (χ4n) is 3.40. The molecule has 4 rings (SSSR count). The number of nitrogens with one attached hydrogen (secondary N) is 1. The SMILES string of the molecule is CCc1ccccc1N1C[C@H](c2nnc(NC(=O)c3ccc(Cl)cc3)s2)CC1=O. The topological polar surface area (TPSA) is 75.2 Å². The van der Waals surface area contributed by atoms with E-state index in [1.807, 2.05) is 29.2 Å². The summed E-state index contributed by atoms with van der Waals surface area (Å²) >= 11 is 7.16. The van der Waals surface area contributed by atoms with Crippen LogP contribution in [0.2, 0.25) is 5.02 Å². The number of nitrogens with zero attached hydrogens (tertiary/aromatic N) is 3. The number of aromatic nitrogens is 2. The highest BCUT2D eigenvalue weighted by molar-refractivity contribution is 7.15. The molecule has 2 aromatic carbocycles. The van der Waals surface area contributed by atoms with E-state index in [1.54, 1.807) is 24.3 Å². The predicted octanol–water partition coefficient (Wildman–Crippen LogP) is 4.53. The lowest BCUT2D eigenvalue weighted by Crippen LogP contribution is -2.25. The molecule has 0 aliphatic carbocycles. The third-order valence-corrected chi connectivity index (χ3v) is 6.16. The first-order valence-corrected chi connectivity index (χ1v) is 10.5. The molecule has 3 aromatic rings. The highest BCUT2D eigenvalue weighted by atomic mass is 35.5. The van der Waals surface area contributed by atoms with E-state index in [9.17, 15) is 9.59 Å². The van der Waals surface area contributed by atoms with Crippen molar-refractivity contribution in [1.82, 2.24) is 10.2 Å². The van der Waals surface area contributed by atoms with Gasteiger partial charge in [0, 0.05) is 35.2 Å². The second kappa shape index (κ2) is 8.31. The fourth-order valence-corrected chi connectivity index (χ4v) is 4.36. The normalized spacial score (nSPS) is 16.3. The summed E-state index contributed by atoms with van der Waals surface area (Å²) in [6.07, 6.45) is 1.25. The monoisotopic (exact) mass is 426 g/mol. The van der Waals surface area contributed by atoms with Crippen molar-refractivity contribution in [2.75, 3.05) is 16.8 Å². The molecule has 0 bridgehead atoms. The molecule has 0 radical (unpaired) electrons. The number of para-hydroxylation sites is 1. The average Bonchev–Trinajstić information content (AvgIpc) is 3.35. The molecular formula is C21H19ClN4O2S. The van der Waals surface area contributed by atoms with Crippen LogP contribution >= 0.6 is 22.9 Å². The van der Waals surface area contributed by atoms with Gasteiger partial charge in [0.1, 0.15) is 5.01 Å². The first kappa shape index (κ1) is 19.5. The largest absolute Gasteiger partial charge is 0.311 e. The smallest absolute Gasteiger partial charge is 0.257 e. The van der Waals surface area contributed by atoms with E-state index in [0.29, 0.717) is 28.7 Å². The van der Waals surface area contributed by atoms with Gasteiger partial charge in [-0.3, -0.25) is 14.9 Å².